The van der Waals surface area contributed by atoms with E-state index in [4.69, 9.17) is 4.74 Å². The van der Waals surface area contributed by atoms with Gasteiger partial charge in [-0.15, -0.1) is 0 Å². The summed E-state index contributed by atoms with van der Waals surface area (Å²) >= 11 is 0. The molecule has 0 aromatic heterocycles. The van der Waals surface area contributed by atoms with Crippen LogP contribution in [-0.4, -0.2) is 37.0 Å². The van der Waals surface area contributed by atoms with Crippen molar-refractivity contribution in [2.45, 2.75) is 33.5 Å². The van der Waals surface area contributed by atoms with E-state index in [-0.39, 0.29) is 11.3 Å². The van der Waals surface area contributed by atoms with Gasteiger partial charge in [0.1, 0.15) is 12.3 Å². The number of anilines is 1. The molecule has 0 aliphatic carbocycles. The van der Waals surface area contributed by atoms with E-state index in [9.17, 15) is 23.2 Å². The lowest BCUT2D eigenvalue weighted by atomic mass is 10.1. The van der Waals surface area contributed by atoms with Gasteiger partial charge in [0.15, 0.2) is 6.10 Å². The van der Waals surface area contributed by atoms with Gasteiger partial charge >= 0.3 is 12.6 Å². The van der Waals surface area contributed by atoms with E-state index in [2.05, 4.69) is 15.4 Å². The molecule has 0 aliphatic heterocycles. The molecule has 2 amide bonds. The number of esters is 1. The van der Waals surface area contributed by atoms with Crippen LogP contribution < -0.4 is 15.4 Å². The highest BCUT2D eigenvalue weighted by Gasteiger charge is 2.20. The number of carbonyl (C=O) groups is 3. The number of hydrogen-bond donors (Lipinski definition) is 2. The molecule has 2 N–H and O–H groups in total. The molecule has 0 unspecified atom stereocenters. The fourth-order valence-corrected chi connectivity index (χ4v) is 2.58. The van der Waals surface area contributed by atoms with Crippen LogP contribution in [-0.2, 0) is 14.3 Å². The van der Waals surface area contributed by atoms with Gasteiger partial charge in [-0.2, -0.15) is 8.78 Å². The molecule has 30 heavy (non-hydrogen) atoms. The van der Waals surface area contributed by atoms with Crippen LogP contribution in [0.5, 0.6) is 5.75 Å². The Kier molecular flexibility index (Phi) is 7.85. The third-order valence-electron chi connectivity index (χ3n) is 4.06. The summed E-state index contributed by atoms with van der Waals surface area (Å²) in [5.41, 5.74) is 2.34. The van der Waals surface area contributed by atoms with E-state index in [0.29, 0.717) is 5.69 Å². The zero-order valence-corrected chi connectivity index (χ0v) is 16.7. The van der Waals surface area contributed by atoms with Gasteiger partial charge in [0, 0.05) is 5.69 Å². The Balaban J connectivity index is 1.88. The molecule has 0 saturated carbocycles. The molecule has 0 saturated heterocycles. The van der Waals surface area contributed by atoms with E-state index < -0.39 is 37.0 Å². The highest BCUT2D eigenvalue weighted by molar-refractivity contribution is 5.99. The average molecular weight is 420 g/mol. The van der Waals surface area contributed by atoms with E-state index in [1.54, 1.807) is 6.07 Å². The van der Waals surface area contributed by atoms with Crippen molar-refractivity contribution in [3.05, 3.63) is 59.2 Å². The van der Waals surface area contributed by atoms with Gasteiger partial charge in [0.2, 0.25) is 0 Å². The van der Waals surface area contributed by atoms with E-state index in [1.165, 1.54) is 31.2 Å². The molecular formula is C21H22F2N2O5. The van der Waals surface area contributed by atoms with Crippen molar-refractivity contribution in [1.29, 1.82) is 0 Å². The second-order valence-electron chi connectivity index (χ2n) is 6.50. The van der Waals surface area contributed by atoms with Gasteiger partial charge in [-0.25, -0.2) is 0 Å². The van der Waals surface area contributed by atoms with Crippen molar-refractivity contribution >= 4 is 23.5 Å². The number of rotatable bonds is 8. The summed E-state index contributed by atoms with van der Waals surface area (Å²) in [7, 11) is 0. The minimum atomic E-state index is -3.10. The highest BCUT2D eigenvalue weighted by atomic mass is 19.3. The number of aryl methyl sites for hydroxylation is 2. The summed E-state index contributed by atoms with van der Waals surface area (Å²) in [6.07, 6.45) is -1.11. The number of benzene rings is 2. The highest BCUT2D eigenvalue weighted by Crippen LogP contribution is 2.20. The molecule has 160 valence electrons. The monoisotopic (exact) mass is 420 g/mol. The number of nitrogens with one attached hydrogen (secondary N) is 2. The van der Waals surface area contributed by atoms with Crippen LogP contribution in [0, 0.1) is 13.8 Å². The lowest BCUT2D eigenvalue weighted by molar-refractivity contribution is -0.152. The lowest BCUT2D eigenvalue weighted by Crippen LogP contribution is -2.36. The third kappa shape index (κ3) is 6.54. The molecule has 0 spiro atoms. The van der Waals surface area contributed by atoms with Crippen LogP contribution in [0.1, 0.15) is 28.4 Å². The fourth-order valence-electron chi connectivity index (χ4n) is 2.58. The Labute approximate surface area is 172 Å². The summed E-state index contributed by atoms with van der Waals surface area (Å²) < 4.78 is 34.2. The van der Waals surface area contributed by atoms with Crippen molar-refractivity contribution in [3.63, 3.8) is 0 Å². The summed E-state index contributed by atoms with van der Waals surface area (Å²) in [6.45, 7) is 1.51. The number of hydrogen-bond acceptors (Lipinski definition) is 5. The van der Waals surface area contributed by atoms with Gasteiger partial charge in [-0.05, 0) is 44.5 Å². The molecule has 0 radical (unpaired) electrons. The molecular weight excluding hydrogens is 398 g/mol. The standard InChI is InChI=1S/C21H22F2N2O5/c1-12-8-9-16(13(2)10-12)25-19(27)14(3)29-18(26)11-24-20(28)15-6-4-5-7-17(15)30-21(22)23/h4-10,14,21H,11H2,1-3H3,(H,24,28)(H,25,27)/t14-/m1/s1. The maximum atomic E-state index is 12.4. The smallest absolute Gasteiger partial charge is 0.387 e. The summed E-state index contributed by atoms with van der Waals surface area (Å²) in [5, 5.41) is 4.92. The fraction of sp³-hybridized carbons (Fsp3) is 0.286. The van der Waals surface area contributed by atoms with Crippen LogP contribution in [0.2, 0.25) is 0 Å². The van der Waals surface area contributed by atoms with Crippen molar-refractivity contribution in [2.24, 2.45) is 0 Å². The minimum Gasteiger partial charge on any atom is -0.451 e. The number of para-hydroxylation sites is 1. The molecule has 7 nitrogen and oxygen atoms in total. The van der Waals surface area contributed by atoms with Gasteiger partial charge in [0.25, 0.3) is 11.8 Å². The Morgan fingerprint density at radius 3 is 2.43 bits per heavy atom. The summed E-state index contributed by atoms with van der Waals surface area (Å²) in [4.78, 5) is 36.3. The first-order chi connectivity index (χ1) is 14.2. The number of alkyl halides is 2. The number of amides is 2. The van der Waals surface area contributed by atoms with Crippen molar-refractivity contribution in [2.75, 3.05) is 11.9 Å². The second kappa shape index (κ2) is 10.3. The predicted octanol–water partition coefficient (Wildman–Crippen LogP) is 3.21. The number of carbonyl (C=O) groups excluding carboxylic acids is 3. The van der Waals surface area contributed by atoms with Crippen LogP contribution in [0.4, 0.5) is 14.5 Å². The zero-order valence-electron chi connectivity index (χ0n) is 16.7. The Morgan fingerprint density at radius 1 is 1.07 bits per heavy atom. The maximum Gasteiger partial charge on any atom is 0.387 e. The van der Waals surface area contributed by atoms with E-state index in [0.717, 1.165) is 11.1 Å². The van der Waals surface area contributed by atoms with Gasteiger partial charge < -0.3 is 20.1 Å². The molecule has 0 fully saturated rings. The largest absolute Gasteiger partial charge is 0.451 e. The normalized spacial score (nSPS) is 11.5. The molecule has 2 aromatic rings. The molecule has 2 aromatic carbocycles. The first-order valence-corrected chi connectivity index (χ1v) is 9.07. The molecule has 0 aliphatic rings. The van der Waals surface area contributed by atoms with Crippen molar-refractivity contribution in [1.82, 2.24) is 5.32 Å². The van der Waals surface area contributed by atoms with Crippen molar-refractivity contribution < 1.29 is 32.6 Å². The SMILES string of the molecule is Cc1ccc(NC(=O)[C@@H](C)OC(=O)CNC(=O)c2ccccc2OC(F)F)c(C)c1. The first-order valence-electron chi connectivity index (χ1n) is 9.07. The third-order valence-corrected chi connectivity index (χ3v) is 4.06. The molecule has 1 atom stereocenters. The van der Waals surface area contributed by atoms with Crippen LogP contribution in [0.15, 0.2) is 42.5 Å². The topological polar surface area (TPSA) is 93.7 Å². The minimum absolute atomic E-state index is 0.161. The van der Waals surface area contributed by atoms with Crippen LogP contribution in [0.3, 0.4) is 0 Å². The first kappa shape index (κ1) is 22.8. The van der Waals surface area contributed by atoms with Crippen LogP contribution >= 0.6 is 0 Å². The van der Waals surface area contributed by atoms with Gasteiger partial charge in [-0.1, -0.05) is 29.8 Å². The van der Waals surface area contributed by atoms with Gasteiger partial charge in [0.05, 0.1) is 5.56 Å². The molecule has 0 bridgehead atoms. The van der Waals surface area contributed by atoms with Crippen LogP contribution in [0.25, 0.3) is 0 Å². The number of ether oxygens (including phenoxy) is 2. The summed E-state index contributed by atoms with van der Waals surface area (Å²) in [6, 6.07) is 10.9. The summed E-state index contributed by atoms with van der Waals surface area (Å²) in [5.74, 6) is -2.51. The molecule has 2 rings (SSSR count). The Hall–Kier alpha value is -3.49. The maximum absolute atomic E-state index is 12.4. The van der Waals surface area contributed by atoms with E-state index in [1.807, 2.05) is 26.0 Å². The Bertz CT molecular complexity index is 933. The quantitative estimate of drug-likeness (QED) is 0.640. The predicted molar refractivity (Wildman–Crippen MR) is 106 cm³/mol. The average Bonchev–Trinajstić information content (AvgIpc) is 2.68. The zero-order chi connectivity index (χ0) is 22.3. The van der Waals surface area contributed by atoms with E-state index >= 15 is 0 Å². The lowest BCUT2D eigenvalue weighted by Gasteiger charge is -2.15. The Morgan fingerprint density at radius 2 is 1.77 bits per heavy atom. The number of halogens is 2. The molecule has 0 heterocycles. The van der Waals surface area contributed by atoms with Gasteiger partial charge in [-0.3, -0.25) is 14.4 Å². The second-order valence-corrected chi connectivity index (χ2v) is 6.50. The molecule has 9 heteroatoms. The van der Waals surface area contributed by atoms with Crippen molar-refractivity contribution in [3.8, 4) is 5.75 Å².